The van der Waals surface area contributed by atoms with Gasteiger partial charge in [-0.2, -0.15) is 0 Å². The number of hydrogen-bond acceptors (Lipinski definition) is 10. The van der Waals surface area contributed by atoms with Crippen LogP contribution >= 0.6 is 21.6 Å². The highest BCUT2D eigenvalue weighted by Crippen LogP contribution is 2.22. The third kappa shape index (κ3) is 9.97. The zero-order valence-electron chi connectivity index (χ0n) is 17.7. The number of carboxylic acid groups (broad SMARTS) is 3. The molecule has 1 heterocycles. The first-order chi connectivity index (χ1) is 15.4. The molecule has 0 aromatic carbocycles. The highest BCUT2D eigenvalue weighted by molar-refractivity contribution is 8.76. The van der Waals surface area contributed by atoms with Gasteiger partial charge in [0.15, 0.2) is 11.4 Å². The van der Waals surface area contributed by atoms with Gasteiger partial charge in [-0.1, -0.05) is 21.6 Å². The van der Waals surface area contributed by atoms with E-state index >= 15 is 0 Å². The van der Waals surface area contributed by atoms with E-state index in [1.165, 1.54) is 47.6 Å². The van der Waals surface area contributed by atoms with Crippen LogP contribution in [0.1, 0.15) is 34.8 Å². The number of carbonyl (C=O) groups excluding carboxylic acids is 2. The van der Waals surface area contributed by atoms with Gasteiger partial charge in [0.05, 0.1) is 6.04 Å². The first-order valence-electron chi connectivity index (χ1n) is 9.48. The lowest BCUT2D eigenvalue weighted by Gasteiger charge is -2.19. The maximum atomic E-state index is 12.1. The number of carboxylic acids is 3. The predicted molar refractivity (Wildman–Crippen MR) is 122 cm³/mol. The van der Waals surface area contributed by atoms with E-state index in [9.17, 15) is 29.1 Å². The molecule has 0 fully saturated rings. The van der Waals surface area contributed by atoms with E-state index in [-0.39, 0.29) is 11.4 Å². The minimum atomic E-state index is -1.36. The monoisotopic (exact) mass is 503 g/mol. The zero-order chi connectivity index (χ0) is 25.1. The largest absolute Gasteiger partial charge is 0.480 e. The standard InChI is InChI=1S/C18H25N5O8S2/c1-8(19)14(24)21-9(2)15(25)23-13(18(30)31)7-33-32-4-3-20-10-5-11(16(26)27)22-12(6-10)17(28)29/h5-6,8-9,13H,3-4,7,19H2,1-2H3,(H,20,22)(H,21,24)(H,23,25)(H,26,27)(H,28,29)(H,30,31). The van der Waals surface area contributed by atoms with E-state index < -0.39 is 59.2 Å². The Bertz CT molecular complexity index is 866. The molecule has 0 spiro atoms. The highest BCUT2D eigenvalue weighted by atomic mass is 33.1. The van der Waals surface area contributed by atoms with E-state index in [4.69, 9.17) is 15.9 Å². The summed E-state index contributed by atoms with van der Waals surface area (Å²) in [5, 5.41) is 35.0. The third-order valence-electron chi connectivity index (χ3n) is 3.88. The van der Waals surface area contributed by atoms with Crippen LogP contribution in [0.25, 0.3) is 0 Å². The molecule has 3 unspecified atom stereocenters. The summed E-state index contributed by atoms with van der Waals surface area (Å²) in [5.41, 5.74) is 4.86. The molecule has 0 aliphatic rings. The van der Waals surface area contributed by atoms with Gasteiger partial charge in [0.1, 0.15) is 12.1 Å². The second-order valence-electron chi connectivity index (χ2n) is 6.69. The number of hydrogen-bond donors (Lipinski definition) is 7. The molecule has 0 saturated heterocycles. The Labute approximate surface area is 196 Å². The first-order valence-corrected chi connectivity index (χ1v) is 12.0. The van der Waals surface area contributed by atoms with Gasteiger partial charge in [-0.15, -0.1) is 0 Å². The number of nitrogens with two attached hydrogens (primary N) is 1. The van der Waals surface area contributed by atoms with Crippen molar-refractivity contribution < 1.29 is 39.3 Å². The molecule has 15 heteroatoms. The van der Waals surface area contributed by atoms with Crippen LogP contribution in [0.15, 0.2) is 12.1 Å². The van der Waals surface area contributed by atoms with Crippen molar-refractivity contribution in [1.82, 2.24) is 15.6 Å². The van der Waals surface area contributed by atoms with Crippen LogP contribution < -0.4 is 21.7 Å². The van der Waals surface area contributed by atoms with Crippen molar-refractivity contribution in [1.29, 1.82) is 0 Å². The molecule has 0 radical (unpaired) electrons. The molecule has 0 aliphatic heterocycles. The van der Waals surface area contributed by atoms with Crippen molar-refractivity contribution in [2.45, 2.75) is 32.0 Å². The number of amides is 2. The molecule has 1 aromatic heterocycles. The predicted octanol–water partition coefficient (Wildman–Crippen LogP) is -0.307. The summed E-state index contributed by atoms with van der Waals surface area (Å²) in [6.07, 6.45) is 0. The molecule has 1 aromatic rings. The summed E-state index contributed by atoms with van der Waals surface area (Å²) in [6.45, 7) is 3.19. The average Bonchev–Trinajstić information content (AvgIpc) is 2.74. The quantitative estimate of drug-likeness (QED) is 0.128. The summed E-state index contributed by atoms with van der Waals surface area (Å²) in [5.74, 6) is -4.66. The fourth-order valence-corrected chi connectivity index (χ4v) is 4.21. The van der Waals surface area contributed by atoms with Crippen LogP contribution in [0, 0.1) is 0 Å². The number of rotatable bonds is 14. The molecule has 8 N–H and O–H groups in total. The number of anilines is 1. The Hall–Kier alpha value is -3.04. The fourth-order valence-electron chi connectivity index (χ4n) is 2.15. The van der Waals surface area contributed by atoms with Gasteiger partial charge in [0, 0.05) is 23.7 Å². The number of aromatic carboxylic acids is 2. The van der Waals surface area contributed by atoms with Crippen LogP contribution in [0.4, 0.5) is 5.69 Å². The number of aromatic nitrogens is 1. The minimum absolute atomic E-state index is 0.0429. The maximum absolute atomic E-state index is 12.1. The fraction of sp³-hybridized carbons (Fsp3) is 0.444. The lowest BCUT2D eigenvalue weighted by atomic mass is 10.2. The Kier molecular flexibility index (Phi) is 11.4. The van der Waals surface area contributed by atoms with Crippen molar-refractivity contribution in [3.8, 4) is 0 Å². The third-order valence-corrected chi connectivity index (χ3v) is 6.29. The van der Waals surface area contributed by atoms with Gasteiger partial charge in [0.2, 0.25) is 11.8 Å². The maximum Gasteiger partial charge on any atom is 0.354 e. The van der Waals surface area contributed by atoms with Gasteiger partial charge in [-0.25, -0.2) is 19.4 Å². The molecule has 33 heavy (non-hydrogen) atoms. The smallest absolute Gasteiger partial charge is 0.354 e. The molecule has 0 saturated carbocycles. The molecule has 0 bridgehead atoms. The van der Waals surface area contributed by atoms with Crippen molar-refractivity contribution in [2.75, 3.05) is 23.4 Å². The van der Waals surface area contributed by atoms with Crippen LogP contribution in [-0.2, 0) is 14.4 Å². The van der Waals surface area contributed by atoms with Gasteiger partial charge in [0.25, 0.3) is 0 Å². The molecular formula is C18H25N5O8S2. The zero-order valence-corrected chi connectivity index (χ0v) is 19.4. The van der Waals surface area contributed by atoms with Crippen LogP contribution in [0.3, 0.4) is 0 Å². The van der Waals surface area contributed by atoms with E-state index in [0.717, 1.165) is 0 Å². The van der Waals surface area contributed by atoms with E-state index in [1.54, 1.807) is 0 Å². The van der Waals surface area contributed by atoms with Crippen molar-refractivity contribution >= 4 is 57.0 Å². The lowest BCUT2D eigenvalue weighted by Crippen LogP contribution is -2.53. The molecule has 1 rings (SSSR count). The Morgan fingerprint density at radius 2 is 1.55 bits per heavy atom. The van der Waals surface area contributed by atoms with Gasteiger partial charge in [-0.3, -0.25) is 9.59 Å². The normalized spacial score (nSPS) is 13.3. The van der Waals surface area contributed by atoms with Crippen molar-refractivity contribution in [3.05, 3.63) is 23.5 Å². The van der Waals surface area contributed by atoms with E-state index in [0.29, 0.717) is 12.3 Å². The van der Waals surface area contributed by atoms with Crippen molar-refractivity contribution in [3.63, 3.8) is 0 Å². The second kappa shape index (κ2) is 13.5. The Morgan fingerprint density at radius 1 is 0.970 bits per heavy atom. The molecule has 182 valence electrons. The van der Waals surface area contributed by atoms with Gasteiger partial charge >= 0.3 is 17.9 Å². The van der Waals surface area contributed by atoms with E-state index in [2.05, 4.69) is 20.9 Å². The summed E-state index contributed by atoms with van der Waals surface area (Å²) in [4.78, 5) is 60.7. The SMILES string of the molecule is CC(N)C(=O)NC(C)C(=O)NC(CSSCCNc1cc(C(=O)O)nc(C(=O)O)c1)C(=O)O. The summed E-state index contributed by atoms with van der Waals surface area (Å²) in [6, 6.07) is -0.551. The number of nitrogens with one attached hydrogen (secondary N) is 3. The first kappa shape index (κ1) is 28.0. The Balaban J connectivity index is 2.48. The lowest BCUT2D eigenvalue weighted by molar-refractivity contribution is -0.141. The summed E-state index contributed by atoms with van der Waals surface area (Å²) < 4.78 is 0. The molecule has 3 atom stereocenters. The number of carbonyl (C=O) groups is 5. The van der Waals surface area contributed by atoms with Crippen LogP contribution in [0.2, 0.25) is 0 Å². The van der Waals surface area contributed by atoms with Gasteiger partial charge < -0.3 is 37.0 Å². The van der Waals surface area contributed by atoms with Crippen LogP contribution in [-0.4, -0.2) is 86.2 Å². The summed E-state index contributed by atoms with van der Waals surface area (Å²) >= 11 is 0. The van der Waals surface area contributed by atoms with E-state index in [1.807, 2.05) is 0 Å². The summed E-state index contributed by atoms with van der Waals surface area (Å²) in [7, 11) is 2.48. The second-order valence-corrected chi connectivity index (χ2v) is 9.32. The minimum Gasteiger partial charge on any atom is -0.480 e. The van der Waals surface area contributed by atoms with Crippen LogP contribution in [0.5, 0.6) is 0 Å². The number of pyridine rings is 1. The molecule has 13 nitrogen and oxygen atoms in total. The number of aliphatic carboxylic acids is 1. The Morgan fingerprint density at radius 3 is 2.03 bits per heavy atom. The van der Waals surface area contributed by atoms with Crippen molar-refractivity contribution in [2.24, 2.45) is 5.73 Å². The van der Waals surface area contributed by atoms with Gasteiger partial charge in [-0.05, 0) is 26.0 Å². The molecule has 2 amide bonds. The molecular weight excluding hydrogens is 478 g/mol. The topological polar surface area (TPSA) is 221 Å². The highest BCUT2D eigenvalue weighted by Gasteiger charge is 2.24. The molecule has 0 aliphatic carbocycles. The average molecular weight is 504 g/mol. The number of nitrogens with zero attached hydrogens (tertiary/aromatic N) is 1.